The van der Waals surface area contributed by atoms with Crippen LogP contribution in [-0.4, -0.2) is 57.4 Å². The fraction of sp³-hybridized carbons (Fsp3) is 1.00. The van der Waals surface area contributed by atoms with E-state index in [1.54, 1.807) is 13.8 Å². The van der Waals surface area contributed by atoms with Gasteiger partial charge in [0.2, 0.25) is 0 Å². The summed E-state index contributed by atoms with van der Waals surface area (Å²) in [6.45, 7) is 5.15. The van der Waals surface area contributed by atoms with Crippen LogP contribution in [0.3, 0.4) is 0 Å². The van der Waals surface area contributed by atoms with E-state index in [4.69, 9.17) is 9.84 Å². The lowest BCUT2D eigenvalue weighted by atomic mass is 10.2. The summed E-state index contributed by atoms with van der Waals surface area (Å²) in [4.78, 5) is 0. The molecule has 5 nitrogen and oxygen atoms in total. The second-order valence-corrected chi connectivity index (χ2v) is 6.69. The third kappa shape index (κ3) is 6.09. The first kappa shape index (κ1) is 14.8. The molecule has 0 saturated carbocycles. The predicted octanol–water partition coefficient (Wildman–Crippen LogP) is -0.592. The first-order chi connectivity index (χ1) is 6.81. The van der Waals surface area contributed by atoms with Gasteiger partial charge in [-0.25, -0.2) is 8.42 Å². The molecule has 15 heavy (non-hydrogen) atoms. The number of nitrogens with one attached hydrogen (secondary N) is 1. The maximum absolute atomic E-state index is 11.3. The quantitative estimate of drug-likeness (QED) is 0.554. The van der Waals surface area contributed by atoms with Gasteiger partial charge in [-0.05, 0) is 13.8 Å². The number of ether oxygens (including phenoxy) is 1. The lowest BCUT2D eigenvalue weighted by Crippen LogP contribution is -2.42. The van der Waals surface area contributed by atoms with Gasteiger partial charge in [0.1, 0.15) is 0 Å². The molecule has 0 aliphatic heterocycles. The van der Waals surface area contributed by atoms with E-state index in [1.165, 1.54) is 6.26 Å². The Labute approximate surface area is 91.7 Å². The Morgan fingerprint density at radius 1 is 1.33 bits per heavy atom. The van der Waals surface area contributed by atoms with Crippen LogP contribution in [0.5, 0.6) is 0 Å². The Bertz CT molecular complexity index is 261. The topological polar surface area (TPSA) is 75.6 Å². The molecule has 0 aromatic heterocycles. The second-order valence-electron chi connectivity index (χ2n) is 4.04. The highest BCUT2D eigenvalue weighted by Crippen LogP contribution is 2.12. The molecule has 0 atom stereocenters. The molecule has 0 spiro atoms. The van der Waals surface area contributed by atoms with Gasteiger partial charge >= 0.3 is 0 Å². The van der Waals surface area contributed by atoms with Crippen molar-refractivity contribution in [1.82, 2.24) is 5.32 Å². The maximum Gasteiger partial charge on any atom is 0.153 e. The standard InChI is InChI=1S/C9H21NO4S/c1-9(2,15(3,12)13)8-10-4-6-14-7-5-11/h10-11H,4-8H2,1-3H3. The lowest BCUT2D eigenvalue weighted by Gasteiger charge is -2.22. The van der Waals surface area contributed by atoms with Gasteiger partial charge in [0.15, 0.2) is 9.84 Å². The van der Waals surface area contributed by atoms with Crippen molar-refractivity contribution in [1.29, 1.82) is 0 Å². The summed E-state index contributed by atoms with van der Waals surface area (Å²) in [5, 5.41) is 11.4. The minimum Gasteiger partial charge on any atom is -0.394 e. The molecule has 0 saturated heterocycles. The van der Waals surface area contributed by atoms with E-state index >= 15 is 0 Å². The Morgan fingerprint density at radius 2 is 1.93 bits per heavy atom. The molecule has 0 unspecified atom stereocenters. The smallest absolute Gasteiger partial charge is 0.153 e. The van der Waals surface area contributed by atoms with Crippen molar-refractivity contribution >= 4 is 9.84 Å². The Kier molecular flexibility index (Phi) is 6.35. The molecule has 0 rings (SSSR count). The van der Waals surface area contributed by atoms with Crippen LogP contribution in [0.2, 0.25) is 0 Å². The highest BCUT2D eigenvalue weighted by Gasteiger charge is 2.29. The van der Waals surface area contributed by atoms with Crippen LogP contribution < -0.4 is 5.32 Å². The summed E-state index contributed by atoms with van der Waals surface area (Å²) in [5.41, 5.74) is 0. The van der Waals surface area contributed by atoms with Gasteiger partial charge in [0.25, 0.3) is 0 Å². The van der Waals surface area contributed by atoms with E-state index in [2.05, 4.69) is 5.32 Å². The molecule has 92 valence electrons. The van der Waals surface area contributed by atoms with Crippen LogP contribution in [0.15, 0.2) is 0 Å². The van der Waals surface area contributed by atoms with Crippen molar-refractivity contribution in [2.24, 2.45) is 0 Å². The third-order valence-electron chi connectivity index (χ3n) is 2.21. The Balaban J connectivity index is 3.68. The SMILES string of the molecule is CC(C)(CNCCOCCO)S(C)(=O)=O. The molecule has 0 aliphatic carbocycles. The molecule has 2 N–H and O–H groups in total. The summed E-state index contributed by atoms with van der Waals surface area (Å²) in [6.07, 6.45) is 1.23. The van der Waals surface area contributed by atoms with Crippen molar-refractivity contribution in [2.75, 3.05) is 39.2 Å². The molecule has 0 radical (unpaired) electrons. The van der Waals surface area contributed by atoms with E-state index in [-0.39, 0.29) is 6.61 Å². The lowest BCUT2D eigenvalue weighted by molar-refractivity contribution is 0.0937. The molecule has 0 amide bonds. The number of aliphatic hydroxyl groups is 1. The summed E-state index contributed by atoms with van der Waals surface area (Å²) in [6, 6.07) is 0. The zero-order chi connectivity index (χ0) is 11.9. The normalized spacial score (nSPS) is 13.1. The molecule has 0 fully saturated rings. The molecule has 0 aromatic carbocycles. The molecule has 0 aliphatic rings. The van der Waals surface area contributed by atoms with Crippen molar-refractivity contribution in [3.05, 3.63) is 0 Å². The maximum atomic E-state index is 11.3. The van der Waals surface area contributed by atoms with Crippen molar-refractivity contribution < 1.29 is 18.3 Å². The summed E-state index contributed by atoms with van der Waals surface area (Å²) >= 11 is 0. The summed E-state index contributed by atoms with van der Waals surface area (Å²) in [7, 11) is -3.04. The van der Waals surface area contributed by atoms with Gasteiger partial charge < -0.3 is 15.2 Å². The van der Waals surface area contributed by atoms with E-state index in [0.29, 0.717) is 26.3 Å². The third-order valence-corrected chi connectivity index (χ3v) is 4.37. The second kappa shape index (κ2) is 6.42. The molecular weight excluding hydrogens is 218 g/mol. The average Bonchev–Trinajstić information content (AvgIpc) is 2.09. The molecular formula is C9H21NO4S. The van der Waals surface area contributed by atoms with Crippen LogP contribution in [0.4, 0.5) is 0 Å². The van der Waals surface area contributed by atoms with Crippen LogP contribution in [0.25, 0.3) is 0 Å². The van der Waals surface area contributed by atoms with E-state index < -0.39 is 14.6 Å². The van der Waals surface area contributed by atoms with Crippen LogP contribution in [-0.2, 0) is 14.6 Å². The fourth-order valence-electron chi connectivity index (χ4n) is 0.831. The molecule has 0 bridgehead atoms. The van der Waals surface area contributed by atoms with E-state index in [1.807, 2.05) is 0 Å². The number of hydrogen-bond acceptors (Lipinski definition) is 5. The minimum atomic E-state index is -3.04. The van der Waals surface area contributed by atoms with Crippen LogP contribution in [0.1, 0.15) is 13.8 Å². The summed E-state index contributed by atoms with van der Waals surface area (Å²) < 4.78 is 26.9. The highest BCUT2D eigenvalue weighted by molar-refractivity contribution is 7.92. The fourth-order valence-corrected chi connectivity index (χ4v) is 1.20. The minimum absolute atomic E-state index is 0.00876. The zero-order valence-electron chi connectivity index (χ0n) is 9.62. The molecule has 0 aromatic rings. The number of sulfone groups is 1. The van der Waals surface area contributed by atoms with Gasteiger partial charge in [-0.2, -0.15) is 0 Å². The number of aliphatic hydroxyl groups excluding tert-OH is 1. The molecule has 6 heteroatoms. The van der Waals surface area contributed by atoms with Crippen molar-refractivity contribution in [2.45, 2.75) is 18.6 Å². The Hall–Kier alpha value is -0.170. The molecule has 0 heterocycles. The van der Waals surface area contributed by atoms with Crippen molar-refractivity contribution in [3.63, 3.8) is 0 Å². The van der Waals surface area contributed by atoms with Crippen LogP contribution >= 0.6 is 0 Å². The predicted molar refractivity (Wildman–Crippen MR) is 59.7 cm³/mol. The highest BCUT2D eigenvalue weighted by atomic mass is 32.2. The van der Waals surface area contributed by atoms with Gasteiger partial charge in [-0.3, -0.25) is 0 Å². The summed E-state index contributed by atoms with van der Waals surface area (Å²) in [5.74, 6) is 0. The van der Waals surface area contributed by atoms with Gasteiger partial charge in [0, 0.05) is 19.3 Å². The Morgan fingerprint density at radius 3 is 2.40 bits per heavy atom. The van der Waals surface area contributed by atoms with Gasteiger partial charge in [-0.15, -0.1) is 0 Å². The average molecular weight is 239 g/mol. The number of rotatable bonds is 8. The largest absolute Gasteiger partial charge is 0.394 e. The van der Waals surface area contributed by atoms with Crippen LogP contribution in [0, 0.1) is 0 Å². The first-order valence-electron chi connectivity index (χ1n) is 4.90. The van der Waals surface area contributed by atoms with E-state index in [0.717, 1.165) is 0 Å². The van der Waals surface area contributed by atoms with Crippen molar-refractivity contribution in [3.8, 4) is 0 Å². The zero-order valence-corrected chi connectivity index (χ0v) is 10.4. The van der Waals surface area contributed by atoms with E-state index in [9.17, 15) is 8.42 Å². The van der Waals surface area contributed by atoms with Gasteiger partial charge in [0.05, 0.1) is 24.6 Å². The monoisotopic (exact) mass is 239 g/mol. The van der Waals surface area contributed by atoms with Gasteiger partial charge in [-0.1, -0.05) is 0 Å². The number of hydrogen-bond donors (Lipinski definition) is 2. The first-order valence-corrected chi connectivity index (χ1v) is 6.79.